The maximum absolute atomic E-state index is 12.5. The Morgan fingerprint density at radius 1 is 1.25 bits per heavy atom. The van der Waals surface area contributed by atoms with Crippen molar-refractivity contribution >= 4 is 46.2 Å². The molecule has 1 aliphatic rings. The minimum absolute atomic E-state index is 0.123. The van der Waals surface area contributed by atoms with Gasteiger partial charge in [0.1, 0.15) is 0 Å². The second-order valence-electron chi connectivity index (χ2n) is 6.55. The van der Waals surface area contributed by atoms with Crippen LogP contribution in [0.2, 0.25) is 10.0 Å². The van der Waals surface area contributed by atoms with Crippen LogP contribution >= 0.6 is 23.2 Å². The molecule has 1 aliphatic heterocycles. The van der Waals surface area contributed by atoms with Crippen molar-refractivity contribution in [3.05, 3.63) is 52.5 Å². The smallest absolute Gasteiger partial charge is 0.243 e. The molecule has 0 unspecified atom stereocenters. The fourth-order valence-corrected chi connectivity index (χ4v) is 3.26. The van der Waals surface area contributed by atoms with Gasteiger partial charge in [-0.3, -0.25) is 4.79 Å². The van der Waals surface area contributed by atoms with Gasteiger partial charge >= 0.3 is 0 Å². The molecule has 0 atom stereocenters. The Morgan fingerprint density at radius 3 is 2.79 bits per heavy atom. The highest BCUT2D eigenvalue weighted by atomic mass is 35.5. The van der Waals surface area contributed by atoms with E-state index in [1.54, 1.807) is 18.2 Å². The molecule has 0 saturated heterocycles. The second-order valence-corrected chi connectivity index (χ2v) is 7.40. The monoisotopic (exact) mass is 363 g/mol. The molecule has 3 rings (SSSR count). The van der Waals surface area contributed by atoms with Crippen molar-refractivity contribution in [2.24, 2.45) is 0 Å². The van der Waals surface area contributed by atoms with Crippen molar-refractivity contribution in [1.82, 2.24) is 0 Å². The summed E-state index contributed by atoms with van der Waals surface area (Å²) in [7, 11) is 0. The number of anilines is 3. The number of nitrogens with one attached hydrogen (secondary N) is 2. The van der Waals surface area contributed by atoms with Crippen molar-refractivity contribution in [3.63, 3.8) is 0 Å². The van der Waals surface area contributed by atoms with Gasteiger partial charge in [-0.15, -0.1) is 0 Å². The Labute approximate surface area is 151 Å². The number of fused-ring (bicyclic) bond motifs is 1. The molecule has 0 spiro atoms. The summed E-state index contributed by atoms with van der Waals surface area (Å²) in [6, 6.07) is 13.0. The van der Waals surface area contributed by atoms with Gasteiger partial charge < -0.3 is 15.5 Å². The molecule has 2 aromatic rings. The van der Waals surface area contributed by atoms with Gasteiger partial charge in [-0.2, -0.15) is 0 Å². The zero-order valence-corrected chi connectivity index (χ0v) is 15.1. The molecule has 0 aliphatic carbocycles. The summed E-state index contributed by atoms with van der Waals surface area (Å²) in [5.74, 6) is -0.133. The van der Waals surface area contributed by atoms with Crippen LogP contribution in [-0.2, 0) is 4.79 Å². The standard InChI is InChI=1S/C18H19Cl2N3O/c1-18(2)11-23(16-6-4-3-5-14(16)22-18)10-17(24)21-15-9-12(19)7-8-13(15)20/h3-9,22H,10-11H2,1-2H3,(H,21,24). The molecule has 0 fully saturated rings. The molecular weight excluding hydrogens is 345 g/mol. The van der Waals surface area contributed by atoms with E-state index in [1.807, 2.05) is 24.3 Å². The average Bonchev–Trinajstić information content (AvgIpc) is 2.50. The summed E-state index contributed by atoms with van der Waals surface area (Å²) in [6.45, 7) is 5.19. The van der Waals surface area contributed by atoms with E-state index in [-0.39, 0.29) is 18.0 Å². The second kappa shape index (κ2) is 6.54. The van der Waals surface area contributed by atoms with Gasteiger partial charge in [-0.1, -0.05) is 35.3 Å². The number of carbonyl (C=O) groups excluding carboxylic acids is 1. The third-order valence-corrected chi connectivity index (χ3v) is 4.41. The Hall–Kier alpha value is -1.91. The van der Waals surface area contributed by atoms with Crippen LogP contribution in [0, 0.1) is 0 Å². The lowest BCUT2D eigenvalue weighted by molar-refractivity contribution is -0.115. The van der Waals surface area contributed by atoms with E-state index in [2.05, 4.69) is 29.4 Å². The summed E-state index contributed by atoms with van der Waals surface area (Å²) < 4.78 is 0. The van der Waals surface area contributed by atoms with Crippen LogP contribution < -0.4 is 15.5 Å². The van der Waals surface area contributed by atoms with Gasteiger partial charge in [0, 0.05) is 17.1 Å². The molecule has 1 heterocycles. The summed E-state index contributed by atoms with van der Waals surface area (Å²) in [5, 5.41) is 7.33. The average molecular weight is 364 g/mol. The Morgan fingerprint density at radius 2 is 2.00 bits per heavy atom. The van der Waals surface area contributed by atoms with Gasteiger partial charge in [0.2, 0.25) is 5.91 Å². The minimum atomic E-state index is -0.133. The van der Waals surface area contributed by atoms with Crippen LogP contribution in [-0.4, -0.2) is 24.5 Å². The first-order chi connectivity index (χ1) is 11.3. The van der Waals surface area contributed by atoms with E-state index in [9.17, 15) is 4.79 Å². The molecule has 1 amide bonds. The first kappa shape index (κ1) is 16.9. The van der Waals surface area contributed by atoms with Gasteiger partial charge in [0.05, 0.1) is 28.6 Å². The van der Waals surface area contributed by atoms with Crippen molar-refractivity contribution in [2.75, 3.05) is 28.6 Å². The highest BCUT2D eigenvalue weighted by Gasteiger charge is 2.30. The number of rotatable bonds is 3. The Kier molecular flexibility index (Phi) is 4.61. The number of nitrogens with zero attached hydrogens (tertiary/aromatic N) is 1. The fraction of sp³-hybridized carbons (Fsp3) is 0.278. The predicted octanol–water partition coefficient (Wildman–Crippen LogP) is 4.64. The van der Waals surface area contributed by atoms with Crippen LogP contribution in [0.1, 0.15) is 13.8 Å². The zero-order chi connectivity index (χ0) is 17.3. The summed E-state index contributed by atoms with van der Waals surface area (Å²) in [4.78, 5) is 14.6. The third kappa shape index (κ3) is 3.77. The molecule has 2 aromatic carbocycles. The van der Waals surface area contributed by atoms with E-state index in [0.717, 1.165) is 17.9 Å². The molecule has 2 N–H and O–H groups in total. The number of para-hydroxylation sites is 2. The van der Waals surface area contributed by atoms with Crippen molar-refractivity contribution in [1.29, 1.82) is 0 Å². The van der Waals surface area contributed by atoms with Gasteiger partial charge in [-0.05, 0) is 44.2 Å². The minimum Gasteiger partial charge on any atom is -0.377 e. The summed E-state index contributed by atoms with van der Waals surface area (Å²) in [6.07, 6.45) is 0. The van der Waals surface area contributed by atoms with Gasteiger partial charge in [0.25, 0.3) is 0 Å². The maximum atomic E-state index is 12.5. The topological polar surface area (TPSA) is 44.4 Å². The number of halogens is 2. The first-order valence-electron chi connectivity index (χ1n) is 7.71. The van der Waals surface area contributed by atoms with Crippen LogP contribution in [0.15, 0.2) is 42.5 Å². The highest BCUT2D eigenvalue weighted by molar-refractivity contribution is 6.35. The lowest BCUT2D eigenvalue weighted by Gasteiger charge is -2.41. The highest BCUT2D eigenvalue weighted by Crippen LogP contribution is 2.34. The van der Waals surface area contributed by atoms with E-state index in [0.29, 0.717) is 15.7 Å². The molecular formula is C18H19Cl2N3O. The third-order valence-electron chi connectivity index (χ3n) is 3.84. The SMILES string of the molecule is CC1(C)CN(CC(=O)Nc2cc(Cl)ccc2Cl)c2ccccc2N1. The van der Waals surface area contributed by atoms with E-state index in [4.69, 9.17) is 23.2 Å². The number of hydrogen-bond donors (Lipinski definition) is 2. The normalized spacial score (nSPS) is 15.4. The van der Waals surface area contributed by atoms with Crippen LogP contribution in [0.4, 0.5) is 17.1 Å². The van der Waals surface area contributed by atoms with Crippen LogP contribution in [0.3, 0.4) is 0 Å². The van der Waals surface area contributed by atoms with Crippen molar-refractivity contribution in [3.8, 4) is 0 Å². The number of benzene rings is 2. The molecule has 126 valence electrons. The van der Waals surface area contributed by atoms with Crippen LogP contribution in [0.25, 0.3) is 0 Å². The van der Waals surface area contributed by atoms with E-state index >= 15 is 0 Å². The fourth-order valence-electron chi connectivity index (χ4n) is 2.92. The van der Waals surface area contributed by atoms with Gasteiger partial charge in [-0.25, -0.2) is 0 Å². The molecule has 0 radical (unpaired) electrons. The predicted molar refractivity (Wildman–Crippen MR) is 101 cm³/mol. The summed E-state index contributed by atoms with van der Waals surface area (Å²) in [5.41, 5.74) is 2.45. The maximum Gasteiger partial charge on any atom is 0.243 e. The van der Waals surface area contributed by atoms with Crippen molar-refractivity contribution in [2.45, 2.75) is 19.4 Å². The number of amides is 1. The molecule has 0 aromatic heterocycles. The van der Waals surface area contributed by atoms with Gasteiger partial charge in [0.15, 0.2) is 0 Å². The zero-order valence-electron chi connectivity index (χ0n) is 13.6. The van der Waals surface area contributed by atoms with Crippen LogP contribution in [0.5, 0.6) is 0 Å². The molecule has 0 bridgehead atoms. The first-order valence-corrected chi connectivity index (χ1v) is 8.47. The lowest BCUT2D eigenvalue weighted by Crippen LogP contribution is -2.50. The number of carbonyl (C=O) groups is 1. The summed E-state index contributed by atoms with van der Waals surface area (Å²) >= 11 is 12.1. The van der Waals surface area contributed by atoms with Crippen molar-refractivity contribution < 1.29 is 4.79 Å². The molecule has 0 saturated carbocycles. The molecule has 4 nitrogen and oxygen atoms in total. The Bertz CT molecular complexity index is 777. The Balaban J connectivity index is 1.78. The number of hydrogen-bond acceptors (Lipinski definition) is 3. The molecule has 24 heavy (non-hydrogen) atoms. The van der Waals surface area contributed by atoms with E-state index < -0.39 is 0 Å². The van der Waals surface area contributed by atoms with E-state index in [1.165, 1.54) is 0 Å². The lowest BCUT2D eigenvalue weighted by atomic mass is 9.99. The largest absolute Gasteiger partial charge is 0.377 e. The molecule has 6 heteroatoms. The quantitative estimate of drug-likeness (QED) is 0.834.